The highest BCUT2D eigenvalue weighted by molar-refractivity contribution is 7.13. The highest BCUT2D eigenvalue weighted by atomic mass is 32.1. The molecule has 6 nitrogen and oxygen atoms in total. The Morgan fingerprint density at radius 2 is 2.14 bits per heavy atom. The molecule has 106 valence electrons. The molecular formula is C14H12N4O2S. The number of hydrogen-bond acceptors (Lipinski definition) is 6. The zero-order valence-electron chi connectivity index (χ0n) is 11.0. The fourth-order valence-corrected chi connectivity index (χ4v) is 2.25. The first-order chi connectivity index (χ1) is 10.3. The maximum Gasteiger partial charge on any atom is 0.226 e. The number of nitrogens with one attached hydrogen (secondary N) is 1. The average molecular weight is 300 g/mol. The third-order valence-corrected chi connectivity index (χ3v) is 3.39. The number of hydrogen-bond donors (Lipinski definition) is 1. The molecule has 3 rings (SSSR count). The quantitative estimate of drug-likeness (QED) is 0.783. The summed E-state index contributed by atoms with van der Waals surface area (Å²) in [4.78, 5) is 15.9. The summed E-state index contributed by atoms with van der Waals surface area (Å²) in [7, 11) is 0. The van der Waals surface area contributed by atoms with Gasteiger partial charge in [-0.1, -0.05) is 41.7 Å². The SMILES string of the molecule is O=C(CCc1ncc(-c2ccccc2)o1)Nc1nncs1. The average Bonchev–Trinajstić information content (AvgIpc) is 3.17. The lowest BCUT2D eigenvalue weighted by atomic mass is 10.2. The predicted octanol–water partition coefficient (Wildman–Crippen LogP) is 2.76. The highest BCUT2D eigenvalue weighted by Crippen LogP contribution is 2.20. The number of oxazole rings is 1. The van der Waals surface area contributed by atoms with Crippen LogP contribution in [-0.4, -0.2) is 21.1 Å². The molecular weight excluding hydrogens is 288 g/mol. The van der Waals surface area contributed by atoms with Gasteiger partial charge in [-0.3, -0.25) is 4.79 Å². The smallest absolute Gasteiger partial charge is 0.226 e. The Hall–Kier alpha value is -2.54. The Morgan fingerprint density at radius 3 is 2.90 bits per heavy atom. The van der Waals surface area contributed by atoms with Crippen molar-refractivity contribution in [1.82, 2.24) is 15.2 Å². The van der Waals surface area contributed by atoms with Gasteiger partial charge in [0.25, 0.3) is 0 Å². The molecule has 0 atom stereocenters. The molecule has 0 aliphatic rings. The number of benzene rings is 1. The van der Waals surface area contributed by atoms with Crippen LogP contribution in [-0.2, 0) is 11.2 Å². The Balaban J connectivity index is 1.56. The van der Waals surface area contributed by atoms with E-state index in [0.717, 1.165) is 5.56 Å². The molecule has 0 bridgehead atoms. The van der Waals surface area contributed by atoms with Crippen LogP contribution in [0.5, 0.6) is 0 Å². The van der Waals surface area contributed by atoms with Crippen LogP contribution >= 0.6 is 11.3 Å². The van der Waals surface area contributed by atoms with Crippen LogP contribution in [0.2, 0.25) is 0 Å². The maximum atomic E-state index is 11.7. The van der Waals surface area contributed by atoms with Gasteiger partial charge in [0.2, 0.25) is 11.0 Å². The molecule has 2 heterocycles. The minimum atomic E-state index is -0.133. The van der Waals surface area contributed by atoms with Crippen molar-refractivity contribution >= 4 is 22.4 Å². The van der Waals surface area contributed by atoms with Gasteiger partial charge in [0.1, 0.15) is 5.51 Å². The fourth-order valence-electron chi connectivity index (χ4n) is 1.79. The Kier molecular flexibility index (Phi) is 4.02. The van der Waals surface area contributed by atoms with Gasteiger partial charge in [0.15, 0.2) is 11.7 Å². The molecule has 0 aliphatic heterocycles. The van der Waals surface area contributed by atoms with Crippen LogP contribution in [0.4, 0.5) is 5.13 Å². The minimum Gasteiger partial charge on any atom is -0.441 e. The topological polar surface area (TPSA) is 80.9 Å². The molecule has 1 aromatic carbocycles. The number of anilines is 1. The molecule has 1 amide bonds. The number of carbonyl (C=O) groups is 1. The van der Waals surface area contributed by atoms with E-state index < -0.39 is 0 Å². The van der Waals surface area contributed by atoms with E-state index in [2.05, 4.69) is 20.5 Å². The van der Waals surface area contributed by atoms with Crippen molar-refractivity contribution < 1.29 is 9.21 Å². The number of aryl methyl sites for hydroxylation is 1. The molecule has 0 radical (unpaired) electrons. The van der Waals surface area contributed by atoms with E-state index in [1.807, 2.05) is 30.3 Å². The molecule has 2 aromatic heterocycles. The lowest BCUT2D eigenvalue weighted by molar-refractivity contribution is -0.116. The minimum absolute atomic E-state index is 0.133. The zero-order chi connectivity index (χ0) is 14.5. The van der Waals surface area contributed by atoms with Crippen molar-refractivity contribution in [1.29, 1.82) is 0 Å². The molecule has 3 aromatic rings. The van der Waals surface area contributed by atoms with E-state index in [-0.39, 0.29) is 12.3 Å². The van der Waals surface area contributed by atoms with Gasteiger partial charge in [-0.05, 0) is 0 Å². The third-order valence-electron chi connectivity index (χ3n) is 2.78. The van der Waals surface area contributed by atoms with Crippen molar-refractivity contribution in [2.75, 3.05) is 5.32 Å². The largest absolute Gasteiger partial charge is 0.441 e. The summed E-state index contributed by atoms with van der Waals surface area (Å²) in [5.41, 5.74) is 2.53. The summed E-state index contributed by atoms with van der Waals surface area (Å²) < 4.78 is 5.64. The van der Waals surface area contributed by atoms with Crippen LogP contribution in [0, 0.1) is 0 Å². The van der Waals surface area contributed by atoms with Crippen molar-refractivity contribution in [3.05, 3.63) is 47.9 Å². The Morgan fingerprint density at radius 1 is 1.29 bits per heavy atom. The summed E-state index contributed by atoms with van der Waals surface area (Å²) in [6.45, 7) is 0. The molecule has 0 saturated carbocycles. The van der Waals surface area contributed by atoms with Crippen LogP contribution in [0.1, 0.15) is 12.3 Å². The van der Waals surface area contributed by atoms with E-state index in [1.165, 1.54) is 11.3 Å². The van der Waals surface area contributed by atoms with E-state index >= 15 is 0 Å². The van der Waals surface area contributed by atoms with Gasteiger partial charge in [-0.2, -0.15) is 0 Å². The molecule has 0 unspecified atom stereocenters. The van der Waals surface area contributed by atoms with Gasteiger partial charge >= 0.3 is 0 Å². The molecule has 0 spiro atoms. The number of nitrogens with zero attached hydrogens (tertiary/aromatic N) is 3. The maximum absolute atomic E-state index is 11.7. The number of carbonyl (C=O) groups excluding carboxylic acids is 1. The van der Waals surface area contributed by atoms with Crippen LogP contribution in [0.25, 0.3) is 11.3 Å². The normalized spacial score (nSPS) is 10.5. The molecule has 1 N–H and O–H groups in total. The first-order valence-corrected chi connectivity index (χ1v) is 7.25. The molecule has 0 saturated heterocycles. The van der Waals surface area contributed by atoms with Crippen molar-refractivity contribution in [3.63, 3.8) is 0 Å². The lowest BCUT2D eigenvalue weighted by Gasteiger charge is -1.99. The van der Waals surface area contributed by atoms with E-state index in [0.29, 0.717) is 23.2 Å². The van der Waals surface area contributed by atoms with Gasteiger partial charge < -0.3 is 9.73 Å². The number of aromatic nitrogens is 3. The molecule has 0 fully saturated rings. The molecule has 7 heteroatoms. The van der Waals surface area contributed by atoms with Gasteiger partial charge in [0.05, 0.1) is 6.20 Å². The van der Waals surface area contributed by atoms with Crippen molar-refractivity contribution in [2.45, 2.75) is 12.8 Å². The number of amides is 1. The summed E-state index contributed by atoms with van der Waals surface area (Å²) in [6, 6.07) is 9.72. The van der Waals surface area contributed by atoms with Gasteiger partial charge in [-0.25, -0.2) is 4.98 Å². The van der Waals surface area contributed by atoms with Crippen LogP contribution < -0.4 is 5.32 Å². The van der Waals surface area contributed by atoms with Gasteiger partial charge in [-0.15, -0.1) is 10.2 Å². The Bertz CT molecular complexity index is 710. The van der Waals surface area contributed by atoms with Crippen LogP contribution in [0.3, 0.4) is 0 Å². The first-order valence-electron chi connectivity index (χ1n) is 6.37. The van der Waals surface area contributed by atoms with Gasteiger partial charge in [0, 0.05) is 18.4 Å². The van der Waals surface area contributed by atoms with Crippen molar-refractivity contribution in [2.24, 2.45) is 0 Å². The lowest BCUT2D eigenvalue weighted by Crippen LogP contribution is -2.12. The monoisotopic (exact) mass is 300 g/mol. The molecule has 21 heavy (non-hydrogen) atoms. The predicted molar refractivity (Wildman–Crippen MR) is 78.8 cm³/mol. The summed E-state index contributed by atoms with van der Waals surface area (Å²) in [5, 5.41) is 10.6. The fraction of sp³-hybridized carbons (Fsp3) is 0.143. The second-order valence-corrected chi connectivity index (χ2v) is 5.11. The summed E-state index contributed by atoms with van der Waals surface area (Å²) in [5.74, 6) is 1.11. The second kappa shape index (κ2) is 6.27. The zero-order valence-corrected chi connectivity index (χ0v) is 11.8. The second-order valence-electron chi connectivity index (χ2n) is 4.28. The number of rotatable bonds is 5. The van der Waals surface area contributed by atoms with E-state index in [4.69, 9.17) is 4.42 Å². The van der Waals surface area contributed by atoms with E-state index in [1.54, 1.807) is 11.7 Å². The Labute approximate surface area is 124 Å². The van der Waals surface area contributed by atoms with Crippen molar-refractivity contribution in [3.8, 4) is 11.3 Å². The standard InChI is InChI=1S/C14H12N4O2S/c19-12(17-14-18-16-9-21-14)6-7-13-15-8-11(20-13)10-4-2-1-3-5-10/h1-5,8-9H,6-7H2,(H,17,18,19). The molecule has 0 aliphatic carbocycles. The highest BCUT2D eigenvalue weighted by Gasteiger charge is 2.09. The third kappa shape index (κ3) is 3.51. The first kappa shape index (κ1) is 13.4. The van der Waals surface area contributed by atoms with Crippen LogP contribution in [0.15, 0.2) is 46.5 Å². The van der Waals surface area contributed by atoms with E-state index in [9.17, 15) is 4.79 Å². The summed E-state index contributed by atoms with van der Waals surface area (Å²) >= 11 is 1.28. The summed E-state index contributed by atoms with van der Waals surface area (Å²) in [6.07, 6.45) is 2.40.